The normalized spacial score (nSPS) is 22.3. The standard InChI is InChI=1S/C23H33N5O2/c1-15-18(12-28(5)26-15)19-11-27(4)13-20(19)25-22(29)23(2,3)14-30-21-17(16-8-9-16)7-6-10-24-21/h6-7,10,12,16,19-20H,8-9,11,13-14H2,1-5H3,(H,25,29)/t19-,20+/m0/s1. The predicted octanol–water partition coefficient (Wildman–Crippen LogP) is 2.62. The Balaban J connectivity index is 1.42. The molecule has 1 amide bonds. The van der Waals surface area contributed by atoms with Gasteiger partial charge in [0.05, 0.1) is 11.1 Å². The highest BCUT2D eigenvalue weighted by Gasteiger charge is 2.38. The molecule has 0 unspecified atom stereocenters. The number of aromatic nitrogens is 3. The summed E-state index contributed by atoms with van der Waals surface area (Å²) in [6, 6.07) is 4.10. The van der Waals surface area contributed by atoms with Crippen molar-refractivity contribution < 1.29 is 9.53 Å². The number of likely N-dealkylation sites (tertiary alicyclic amines) is 1. The number of nitrogens with zero attached hydrogens (tertiary/aromatic N) is 4. The van der Waals surface area contributed by atoms with E-state index in [2.05, 4.69) is 39.6 Å². The van der Waals surface area contributed by atoms with E-state index < -0.39 is 5.41 Å². The molecule has 2 aromatic heterocycles. The van der Waals surface area contributed by atoms with Gasteiger partial charge in [0, 0.05) is 50.1 Å². The van der Waals surface area contributed by atoms with E-state index in [1.807, 2.05) is 38.6 Å². The highest BCUT2D eigenvalue weighted by atomic mass is 16.5. The molecule has 2 aromatic rings. The topological polar surface area (TPSA) is 72.3 Å². The Bertz CT molecular complexity index is 918. The van der Waals surface area contributed by atoms with E-state index in [4.69, 9.17) is 4.74 Å². The number of carbonyl (C=O) groups excluding carboxylic acids is 1. The summed E-state index contributed by atoms with van der Waals surface area (Å²) >= 11 is 0. The molecule has 2 atom stereocenters. The summed E-state index contributed by atoms with van der Waals surface area (Å²) in [7, 11) is 4.04. The van der Waals surface area contributed by atoms with Crippen molar-refractivity contribution in [3.05, 3.63) is 41.3 Å². The fourth-order valence-corrected chi connectivity index (χ4v) is 4.35. The molecule has 1 aliphatic carbocycles. The van der Waals surface area contributed by atoms with Crippen LogP contribution in [0.4, 0.5) is 0 Å². The number of nitrogens with one attached hydrogen (secondary N) is 1. The van der Waals surface area contributed by atoms with Gasteiger partial charge in [-0.15, -0.1) is 0 Å². The fourth-order valence-electron chi connectivity index (χ4n) is 4.35. The monoisotopic (exact) mass is 411 g/mol. The summed E-state index contributed by atoms with van der Waals surface area (Å²) in [5.74, 6) is 1.48. The molecular weight excluding hydrogens is 378 g/mol. The van der Waals surface area contributed by atoms with E-state index in [0.717, 1.165) is 18.8 Å². The van der Waals surface area contributed by atoms with Crippen molar-refractivity contribution in [2.75, 3.05) is 26.7 Å². The molecule has 0 aromatic carbocycles. The Morgan fingerprint density at radius 2 is 2.03 bits per heavy atom. The number of hydrogen-bond acceptors (Lipinski definition) is 5. The highest BCUT2D eigenvalue weighted by molar-refractivity contribution is 5.82. The van der Waals surface area contributed by atoms with Gasteiger partial charge in [0.1, 0.15) is 6.61 Å². The second-order valence-electron chi connectivity index (χ2n) is 9.60. The molecule has 0 bridgehead atoms. The lowest BCUT2D eigenvalue weighted by Gasteiger charge is -2.28. The predicted molar refractivity (Wildman–Crippen MR) is 116 cm³/mol. The number of amides is 1. The number of likely N-dealkylation sites (N-methyl/N-ethyl adjacent to an activating group) is 1. The third kappa shape index (κ3) is 4.36. The van der Waals surface area contributed by atoms with Crippen LogP contribution in [0.3, 0.4) is 0 Å². The summed E-state index contributed by atoms with van der Waals surface area (Å²) < 4.78 is 7.90. The zero-order chi connectivity index (χ0) is 21.5. The van der Waals surface area contributed by atoms with Gasteiger partial charge in [-0.1, -0.05) is 6.07 Å². The van der Waals surface area contributed by atoms with Crippen LogP contribution in [0.1, 0.15) is 55.3 Å². The van der Waals surface area contributed by atoms with Crippen molar-refractivity contribution >= 4 is 5.91 Å². The smallest absolute Gasteiger partial charge is 0.229 e. The molecule has 1 aliphatic heterocycles. The molecule has 162 valence electrons. The first-order valence-corrected chi connectivity index (χ1v) is 10.8. The molecule has 30 heavy (non-hydrogen) atoms. The second-order valence-corrected chi connectivity index (χ2v) is 9.60. The van der Waals surface area contributed by atoms with Gasteiger partial charge >= 0.3 is 0 Å². The second kappa shape index (κ2) is 8.02. The van der Waals surface area contributed by atoms with Gasteiger partial charge in [-0.2, -0.15) is 5.10 Å². The van der Waals surface area contributed by atoms with E-state index in [1.54, 1.807) is 6.20 Å². The van der Waals surface area contributed by atoms with Gasteiger partial charge in [0.15, 0.2) is 0 Å². The lowest BCUT2D eigenvalue weighted by atomic mass is 9.90. The summed E-state index contributed by atoms with van der Waals surface area (Å²) in [4.78, 5) is 19.9. The van der Waals surface area contributed by atoms with Gasteiger partial charge < -0.3 is 15.0 Å². The van der Waals surface area contributed by atoms with Crippen LogP contribution in [0.25, 0.3) is 0 Å². The lowest BCUT2D eigenvalue weighted by Crippen LogP contribution is -2.48. The number of rotatable bonds is 7. The minimum absolute atomic E-state index is 0.0123. The number of pyridine rings is 1. The zero-order valence-corrected chi connectivity index (χ0v) is 18.7. The summed E-state index contributed by atoms with van der Waals surface area (Å²) in [5, 5.41) is 7.79. The molecule has 0 spiro atoms. The maximum absolute atomic E-state index is 13.2. The highest BCUT2D eigenvalue weighted by Crippen LogP contribution is 2.43. The van der Waals surface area contributed by atoms with E-state index in [-0.39, 0.29) is 17.9 Å². The van der Waals surface area contributed by atoms with Crippen LogP contribution >= 0.6 is 0 Å². The Kier molecular flexibility index (Phi) is 5.57. The van der Waals surface area contributed by atoms with Gasteiger partial charge in [0.25, 0.3) is 0 Å². The molecule has 7 nitrogen and oxygen atoms in total. The quantitative estimate of drug-likeness (QED) is 0.758. The zero-order valence-electron chi connectivity index (χ0n) is 18.7. The van der Waals surface area contributed by atoms with Crippen molar-refractivity contribution in [3.63, 3.8) is 0 Å². The molecule has 2 aliphatic rings. The molecule has 4 rings (SSSR count). The van der Waals surface area contributed by atoms with Crippen molar-refractivity contribution in [2.45, 2.75) is 51.5 Å². The van der Waals surface area contributed by atoms with E-state index in [0.29, 0.717) is 18.4 Å². The first-order valence-electron chi connectivity index (χ1n) is 10.8. The summed E-state index contributed by atoms with van der Waals surface area (Å²) in [6.07, 6.45) is 6.21. The van der Waals surface area contributed by atoms with Crippen molar-refractivity contribution in [1.29, 1.82) is 0 Å². The van der Waals surface area contributed by atoms with E-state index >= 15 is 0 Å². The average molecular weight is 412 g/mol. The largest absolute Gasteiger partial charge is 0.476 e. The molecule has 7 heteroatoms. The van der Waals surface area contributed by atoms with Gasteiger partial charge in [-0.3, -0.25) is 9.48 Å². The molecule has 2 fully saturated rings. The summed E-state index contributed by atoms with van der Waals surface area (Å²) in [5.41, 5.74) is 2.75. The summed E-state index contributed by atoms with van der Waals surface area (Å²) in [6.45, 7) is 7.94. The lowest BCUT2D eigenvalue weighted by molar-refractivity contribution is -0.131. The maximum atomic E-state index is 13.2. The first kappa shape index (κ1) is 20.8. The average Bonchev–Trinajstić information content (AvgIpc) is 3.40. The van der Waals surface area contributed by atoms with Gasteiger partial charge in [0.2, 0.25) is 11.8 Å². The Morgan fingerprint density at radius 1 is 1.27 bits per heavy atom. The number of hydrogen-bond donors (Lipinski definition) is 1. The Hall–Kier alpha value is -2.41. The van der Waals surface area contributed by atoms with Crippen LogP contribution in [0, 0.1) is 12.3 Å². The van der Waals surface area contributed by atoms with Crippen LogP contribution in [-0.2, 0) is 11.8 Å². The molecule has 0 radical (unpaired) electrons. The third-order valence-corrected chi connectivity index (χ3v) is 6.27. The van der Waals surface area contributed by atoms with Crippen LogP contribution in [0.2, 0.25) is 0 Å². The van der Waals surface area contributed by atoms with Gasteiger partial charge in [-0.25, -0.2) is 4.98 Å². The van der Waals surface area contributed by atoms with Crippen molar-refractivity contribution in [3.8, 4) is 5.88 Å². The SMILES string of the molecule is Cc1nn(C)cc1[C@@H]1CN(C)C[C@H]1NC(=O)C(C)(C)COc1ncccc1C1CC1. The molecular formula is C23H33N5O2. The fraction of sp³-hybridized carbons (Fsp3) is 0.609. The van der Waals surface area contributed by atoms with Crippen LogP contribution in [0.15, 0.2) is 24.5 Å². The number of ether oxygens (including phenoxy) is 1. The third-order valence-electron chi connectivity index (χ3n) is 6.27. The minimum Gasteiger partial charge on any atom is -0.476 e. The molecule has 1 saturated carbocycles. The van der Waals surface area contributed by atoms with Crippen LogP contribution in [0.5, 0.6) is 5.88 Å². The first-order chi connectivity index (χ1) is 14.2. The maximum Gasteiger partial charge on any atom is 0.229 e. The molecule has 1 saturated heterocycles. The molecule has 3 heterocycles. The molecule has 1 N–H and O–H groups in total. The van der Waals surface area contributed by atoms with E-state index in [9.17, 15) is 4.79 Å². The Morgan fingerprint density at radius 3 is 2.70 bits per heavy atom. The van der Waals surface area contributed by atoms with Crippen molar-refractivity contribution in [1.82, 2.24) is 25.0 Å². The van der Waals surface area contributed by atoms with Gasteiger partial charge in [-0.05, 0) is 58.2 Å². The minimum atomic E-state index is -0.659. The number of aryl methyl sites for hydroxylation is 2. The van der Waals surface area contributed by atoms with E-state index in [1.165, 1.54) is 24.0 Å². The Labute approximate surface area is 178 Å². The number of carbonyl (C=O) groups is 1. The van der Waals surface area contributed by atoms with Crippen molar-refractivity contribution in [2.24, 2.45) is 12.5 Å². The van der Waals surface area contributed by atoms with Crippen LogP contribution < -0.4 is 10.1 Å². The van der Waals surface area contributed by atoms with Crippen LogP contribution in [-0.4, -0.2) is 58.4 Å².